The van der Waals surface area contributed by atoms with Crippen LogP contribution in [0.15, 0.2) is 18.3 Å². The van der Waals surface area contributed by atoms with E-state index < -0.39 is 0 Å². The van der Waals surface area contributed by atoms with Crippen LogP contribution in [0, 0.1) is 0 Å². The third-order valence-corrected chi connectivity index (χ3v) is 2.69. The van der Waals surface area contributed by atoms with E-state index >= 15 is 0 Å². The standard InChI is InChI=1S/C11H17N3/c1-12-9-5-6-13-10(7-9)8-14(2)11-3-4-11/h5-7,11H,3-4,8H2,1-2H3,(H,12,13). The van der Waals surface area contributed by atoms with Crippen LogP contribution in [0.4, 0.5) is 5.69 Å². The second-order valence-electron chi connectivity index (χ2n) is 3.93. The van der Waals surface area contributed by atoms with Crippen LogP contribution in [-0.4, -0.2) is 30.0 Å². The summed E-state index contributed by atoms with van der Waals surface area (Å²) in [5, 5.41) is 3.13. The van der Waals surface area contributed by atoms with Gasteiger partial charge in [0.1, 0.15) is 0 Å². The molecule has 1 fully saturated rings. The van der Waals surface area contributed by atoms with E-state index in [1.54, 1.807) is 0 Å². The minimum Gasteiger partial charge on any atom is -0.388 e. The van der Waals surface area contributed by atoms with Crippen molar-refractivity contribution in [2.75, 3.05) is 19.4 Å². The largest absolute Gasteiger partial charge is 0.388 e. The van der Waals surface area contributed by atoms with Gasteiger partial charge >= 0.3 is 0 Å². The van der Waals surface area contributed by atoms with Crippen molar-refractivity contribution < 1.29 is 0 Å². The van der Waals surface area contributed by atoms with Crippen LogP contribution in [-0.2, 0) is 6.54 Å². The van der Waals surface area contributed by atoms with Crippen molar-refractivity contribution in [3.63, 3.8) is 0 Å². The van der Waals surface area contributed by atoms with Gasteiger partial charge in [-0.2, -0.15) is 0 Å². The molecule has 0 spiro atoms. The first-order chi connectivity index (χ1) is 6.79. The normalized spacial score (nSPS) is 15.9. The van der Waals surface area contributed by atoms with E-state index in [-0.39, 0.29) is 0 Å². The van der Waals surface area contributed by atoms with Crippen LogP contribution in [0.1, 0.15) is 18.5 Å². The van der Waals surface area contributed by atoms with E-state index in [0.29, 0.717) is 0 Å². The van der Waals surface area contributed by atoms with Crippen molar-refractivity contribution in [1.82, 2.24) is 9.88 Å². The molecule has 0 unspecified atom stereocenters. The molecule has 0 radical (unpaired) electrons. The predicted octanol–water partition coefficient (Wildman–Crippen LogP) is 1.72. The number of aromatic nitrogens is 1. The quantitative estimate of drug-likeness (QED) is 0.785. The monoisotopic (exact) mass is 191 g/mol. The molecule has 1 saturated carbocycles. The summed E-state index contributed by atoms with van der Waals surface area (Å²) in [7, 11) is 4.11. The molecule has 3 nitrogen and oxygen atoms in total. The second kappa shape index (κ2) is 3.96. The zero-order valence-corrected chi connectivity index (χ0v) is 8.83. The maximum absolute atomic E-state index is 4.36. The SMILES string of the molecule is CNc1ccnc(CN(C)C2CC2)c1. The molecular weight excluding hydrogens is 174 g/mol. The third-order valence-electron chi connectivity index (χ3n) is 2.69. The number of hydrogen-bond acceptors (Lipinski definition) is 3. The Labute approximate surface area is 85.1 Å². The topological polar surface area (TPSA) is 28.2 Å². The van der Waals surface area contributed by atoms with Crippen LogP contribution in [0.2, 0.25) is 0 Å². The van der Waals surface area contributed by atoms with E-state index in [2.05, 4.69) is 28.3 Å². The maximum atomic E-state index is 4.36. The van der Waals surface area contributed by atoms with Crippen molar-refractivity contribution in [3.05, 3.63) is 24.0 Å². The fourth-order valence-electron chi connectivity index (χ4n) is 1.62. The van der Waals surface area contributed by atoms with Crippen molar-refractivity contribution in [2.24, 2.45) is 0 Å². The van der Waals surface area contributed by atoms with Crippen molar-refractivity contribution in [1.29, 1.82) is 0 Å². The highest BCUT2D eigenvalue weighted by Crippen LogP contribution is 2.26. The Bertz CT molecular complexity index is 307. The lowest BCUT2D eigenvalue weighted by Crippen LogP contribution is -2.20. The van der Waals surface area contributed by atoms with Gasteiger partial charge in [0.15, 0.2) is 0 Å². The van der Waals surface area contributed by atoms with Crippen LogP contribution < -0.4 is 5.32 Å². The zero-order chi connectivity index (χ0) is 9.97. The minimum atomic E-state index is 0.801. The molecule has 1 aromatic rings. The average molecular weight is 191 g/mol. The maximum Gasteiger partial charge on any atom is 0.0564 e. The van der Waals surface area contributed by atoms with E-state index in [0.717, 1.165) is 24.0 Å². The molecule has 1 N–H and O–H groups in total. The number of hydrogen-bond donors (Lipinski definition) is 1. The van der Waals surface area contributed by atoms with Crippen LogP contribution in [0.5, 0.6) is 0 Å². The lowest BCUT2D eigenvalue weighted by Gasteiger charge is -2.15. The van der Waals surface area contributed by atoms with Gasteiger partial charge in [0.25, 0.3) is 0 Å². The minimum absolute atomic E-state index is 0.801. The molecule has 14 heavy (non-hydrogen) atoms. The van der Waals surface area contributed by atoms with E-state index in [9.17, 15) is 0 Å². The highest BCUT2D eigenvalue weighted by molar-refractivity contribution is 5.42. The Morgan fingerprint density at radius 2 is 2.36 bits per heavy atom. The van der Waals surface area contributed by atoms with Gasteiger partial charge < -0.3 is 5.32 Å². The molecule has 76 valence electrons. The fourth-order valence-corrected chi connectivity index (χ4v) is 1.62. The number of nitrogens with zero attached hydrogens (tertiary/aromatic N) is 2. The van der Waals surface area contributed by atoms with Gasteiger partial charge in [-0.1, -0.05) is 0 Å². The first kappa shape index (κ1) is 9.46. The molecular formula is C11H17N3. The molecule has 1 aliphatic rings. The zero-order valence-electron chi connectivity index (χ0n) is 8.83. The molecule has 1 heterocycles. The summed E-state index contributed by atoms with van der Waals surface area (Å²) < 4.78 is 0. The molecule has 3 heteroatoms. The molecule has 1 aromatic heterocycles. The molecule has 0 aromatic carbocycles. The molecule has 0 bridgehead atoms. The Morgan fingerprint density at radius 1 is 1.57 bits per heavy atom. The molecule has 1 aliphatic carbocycles. The summed E-state index contributed by atoms with van der Waals surface area (Å²) in [6, 6.07) is 4.90. The summed E-state index contributed by atoms with van der Waals surface area (Å²) in [5.74, 6) is 0. The summed E-state index contributed by atoms with van der Waals surface area (Å²) >= 11 is 0. The van der Waals surface area contributed by atoms with E-state index in [1.807, 2.05) is 19.3 Å². The molecule has 0 saturated heterocycles. The van der Waals surface area contributed by atoms with Crippen molar-refractivity contribution in [2.45, 2.75) is 25.4 Å². The van der Waals surface area contributed by atoms with Gasteiger partial charge in [-0.15, -0.1) is 0 Å². The van der Waals surface area contributed by atoms with Gasteiger partial charge in [-0.3, -0.25) is 9.88 Å². The van der Waals surface area contributed by atoms with Gasteiger partial charge in [0, 0.05) is 31.5 Å². The molecule has 0 amide bonds. The summed E-state index contributed by atoms with van der Waals surface area (Å²) in [6.45, 7) is 0.959. The number of nitrogens with one attached hydrogen (secondary N) is 1. The highest BCUT2D eigenvalue weighted by atomic mass is 15.2. The van der Waals surface area contributed by atoms with Gasteiger partial charge in [-0.25, -0.2) is 0 Å². The number of anilines is 1. The smallest absolute Gasteiger partial charge is 0.0564 e. The highest BCUT2D eigenvalue weighted by Gasteiger charge is 2.25. The first-order valence-electron chi connectivity index (χ1n) is 5.12. The molecule has 0 aliphatic heterocycles. The Hall–Kier alpha value is -1.09. The fraction of sp³-hybridized carbons (Fsp3) is 0.545. The van der Waals surface area contributed by atoms with Crippen molar-refractivity contribution >= 4 is 5.69 Å². The summed E-state index contributed by atoms with van der Waals surface area (Å²) in [6.07, 6.45) is 4.56. The van der Waals surface area contributed by atoms with Gasteiger partial charge in [0.2, 0.25) is 0 Å². The number of rotatable bonds is 4. The summed E-state index contributed by atoms with van der Waals surface area (Å²) in [4.78, 5) is 6.73. The molecule has 0 atom stereocenters. The van der Waals surface area contributed by atoms with Crippen LogP contribution in [0.25, 0.3) is 0 Å². The Morgan fingerprint density at radius 3 is 3.00 bits per heavy atom. The van der Waals surface area contributed by atoms with E-state index in [4.69, 9.17) is 0 Å². The Balaban J connectivity index is 2.00. The van der Waals surface area contributed by atoms with Crippen LogP contribution >= 0.6 is 0 Å². The third kappa shape index (κ3) is 2.23. The predicted molar refractivity (Wildman–Crippen MR) is 58.3 cm³/mol. The van der Waals surface area contributed by atoms with Crippen molar-refractivity contribution in [3.8, 4) is 0 Å². The summed E-state index contributed by atoms with van der Waals surface area (Å²) in [5.41, 5.74) is 2.28. The Kier molecular flexibility index (Phi) is 2.68. The lowest BCUT2D eigenvalue weighted by molar-refractivity contribution is 0.312. The lowest BCUT2D eigenvalue weighted by atomic mass is 10.3. The second-order valence-corrected chi connectivity index (χ2v) is 3.93. The van der Waals surface area contributed by atoms with E-state index in [1.165, 1.54) is 12.8 Å². The average Bonchev–Trinajstić information content (AvgIpc) is 3.01. The number of pyridine rings is 1. The first-order valence-corrected chi connectivity index (χ1v) is 5.12. The van der Waals surface area contributed by atoms with Crippen LogP contribution in [0.3, 0.4) is 0 Å². The molecule has 2 rings (SSSR count). The van der Waals surface area contributed by atoms with Gasteiger partial charge in [0.05, 0.1) is 5.69 Å². The van der Waals surface area contributed by atoms with Gasteiger partial charge in [-0.05, 0) is 32.0 Å².